The lowest BCUT2D eigenvalue weighted by Crippen LogP contribution is -2.27. The number of nitrogens with zero attached hydrogens (tertiary/aromatic N) is 4. The molecular formula is C23H26N4O3. The van der Waals surface area contributed by atoms with Gasteiger partial charge in [-0.3, -0.25) is 14.3 Å². The zero-order valence-electron chi connectivity index (χ0n) is 18.0. The van der Waals surface area contributed by atoms with Gasteiger partial charge in [0, 0.05) is 30.3 Å². The Morgan fingerprint density at radius 2 is 1.83 bits per heavy atom. The van der Waals surface area contributed by atoms with Crippen molar-refractivity contribution >= 4 is 22.7 Å². The zero-order valence-corrected chi connectivity index (χ0v) is 18.0. The first kappa shape index (κ1) is 21.4. The molecule has 2 heterocycles. The maximum Gasteiger partial charge on any atom is 0.328 e. The molecule has 0 atom stereocenters. The first-order chi connectivity index (χ1) is 14.1. The van der Waals surface area contributed by atoms with Gasteiger partial charge in [0.2, 0.25) is 0 Å². The van der Waals surface area contributed by atoms with Crippen molar-refractivity contribution < 1.29 is 14.3 Å². The van der Waals surface area contributed by atoms with E-state index in [-0.39, 0.29) is 12.3 Å². The van der Waals surface area contributed by atoms with Crippen LogP contribution in [-0.4, -0.2) is 37.1 Å². The fourth-order valence-corrected chi connectivity index (χ4v) is 3.29. The molecule has 7 nitrogen and oxygen atoms in total. The number of ether oxygens (including phenoxy) is 1. The van der Waals surface area contributed by atoms with Crippen LogP contribution in [0.1, 0.15) is 49.6 Å². The van der Waals surface area contributed by atoms with E-state index in [0.717, 1.165) is 22.2 Å². The number of ketones is 1. The maximum absolute atomic E-state index is 12.4. The van der Waals surface area contributed by atoms with Gasteiger partial charge in [-0.05, 0) is 57.4 Å². The van der Waals surface area contributed by atoms with Gasteiger partial charge in [-0.25, -0.2) is 9.97 Å². The van der Waals surface area contributed by atoms with E-state index in [1.54, 1.807) is 23.2 Å². The fourth-order valence-electron chi connectivity index (χ4n) is 3.29. The highest BCUT2D eigenvalue weighted by molar-refractivity contribution is 6.07. The summed E-state index contributed by atoms with van der Waals surface area (Å²) in [5.41, 5.74) is 3.05. The highest BCUT2D eigenvalue weighted by Gasteiger charge is 2.22. The van der Waals surface area contributed by atoms with Crippen molar-refractivity contribution in [1.29, 1.82) is 0 Å². The van der Waals surface area contributed by atoms with Crippen LogP contribution in [0.3, 0.4) is 0 Å². The van der Waals surface area contributed by atoms with Crippen molar-refractivity contribution in [1.82, 2.24) is 19.7 Å². The quantitative estimate of drug-likeness (QED) is 0.348. The van der Waals surface area contributed by atoms with E-state index in [1.165, 1.54) is 6.92 Å². The Bertz CT molecular complexity index is 1120. The third-order valence-corrected chi connectivity index (χ3v) is 4.43. The SMILES string of the molecule is C=CCc1cc(-c2cnc(C)nc2)cc2c(C(C)=O)nn(CC(=O)OC(C)(C)C)c12. The average molecular weight is 406 g/mol. The van der Waals surface area contributed by atoms with E-state index in [1.807, 2.05) is 39.8 Å². The van der Waals surface area contributed by atoms with Gasteiger partial charge < -0.3 is 4.74 Å². The molecular weight excluding hydrogens is 380 g/mol. The van der Waals surface area contributed by atoms with Crippen LogP contribution >= 0.6 is 0 Å². The van der Waals surface area contributed by atoms with Gasteiger partial charge in [0.15, 0.2) is 5.78 Å². The van der Waals surface area contributed by atoms with Crippen LogP contribution in [0.5, 0.6) is 0 Å². The molecule has 0 amide bonds. The molecule has 0 N–H and O–H groups in total. The molecule has 0 radical (unpaired) electrons. The third kappa shape index (κ3) is 4.62. The average Bonchev–Trinajstić information content (AvgIpc) is 2.99. The summed E-state index contributed by atoms with van der Waals surface area (Å²) in [4.78, 5) is 33.3. The lowest BCUT2D eigenvalue weighted by Gasteiger charge is -2.19. The van der Waals surface area contributed by atoms with E-state index >= 15 is 0 Å². The number of carbonyl (C=O) groups excluding carboxylic acids is 2. The van der Waals surface area contributed by atoms with Gasteiger partial charge >= 0.3 is 5.97 Å². The summed E-state index contributed by atoms with van der Waals surface area (Å²) in [6.07, 6.45) is 5.83. The molecule has 30 heavy (non-hydrogen) atoms. The number of aromatic nitrogens is 4. The molecule has 0 bridgehead atoms. The van der Waals surface area contributed by atoms with Crippen molar-refractivity contribution in [2.45, 2.75) is 53.2 Å². The van der Waals surface area contributed by atoms with Crippen molar-refractivity contribution in [3.63, 3.8) is 0 Å². The number of carbonyl (C=O) groups is 2. The van der Waals surface area contributed by atoms with Gasteiger partial charge in [0.25, 0.3) is 0 Å². The van der Waals surface area contributed by atoms with Gasteiger partial charge in [-0.15, -0.1) is 6.58 Å². The van der Waals surface area contributed by atoms with E-state index in [9.17, 15) is 9.59 Å². The maximum atomic E-state index is 12.4. The van der Waals surface area contributed by atoms with Crippen LogP contribution in [0.2, 0.25) is 0 Å². The minimum absolute atomic E-state index is 0.0851. The summed E-state index contributed by atoms with van der Waals surface area (Å²) in [5.74, 6) is 0.0908. The van der Waals surface area contributed by atoms with Crippen molar-refractivity contribution in [3.05, 3.63) is 54.3 Å². The van der Waals surface area contributed by atoms with Crippen molar-refractivity contribution in [3.8, 4) is 11.1 Å². The molecule has 0 saturated heterocycles. The lowest BCUT2D eigenvalue weighted by molar-refractivity contribution is -0.155. The molecule has 0 aliphatic carbocycles. The number of hydrogen-bond acceptors (Lipinski definition) is 6. The first-order valence-corrected chi connectivity index (χ1v) is 9.75. The summed E-state index contributed by atoms with van der Waals surface area (Å²) < 4.78 is 6.99. The predicted octanol–water partition coefficient (Wildman–Crippen LogP) is 4.07. The van der Waals surface area contributed by atoms with Gasteiger partial charge in [0.1, 0.15) is 23.7 Å². The Hall–Kier alpha value is -3.35. The summed E-state index contributed by atoms with van der Waals surface area (Å²) >= 11 is 0. The highest BCUT2D eigenvalue weighted by Crippen LogP contribution is 2.30. The smallest absolute Gasteiger partial charge is 0.328 e. The summed E-state index contributed by atoms with van der Waals surface area (Å²) in [7, 11) is 0. The van der Waals surface area contributed by atoms with Crippen molar-refractivity contribution in [2.24, 2.45) is 0 Å². The van der Waals surface area contributed by atoms with Gasteiger partial charge in [-0.2, -0.15) is 5.10 Å². The van der Waals surface area contributed by atoms with Crippen LogP contribution in [-0.2, 0) is 22.5 Å². The fraction of sp³-hybridized carbons (Fsp3) is 0.348. The number of benzene rings is 1. The summed E-state index contributed by atoms with van der Waals surface area (Å²) in [6.45, 7) is 12.5. The Morgan fingerprint density at radius 1 is 1.17 bits per heavy atom. The number of rotatable bonds is 6. The van der Waals surface area contributed by atoms with Gasteiger partial charge in [0.05, 0.1) is 5.52 Å². The topological polar surface area (TPSA) is 87.0 Å². The predicted molar refractivity (Wildman–Crippen MR) is 115 cm³/mol. The highest BCUT2D eigenvalue weighted by atomic mass is 16.6. The second-order valence-corrected chi connectivity index (χ2v) is 8.19. The summed E-state index contributed by atoms with van der Waals surface area (Å²) in [6, 6.07) is 3.89. The molecule has 0 spiro atoms. The molecule has 0 fully saturated rings. The number of aryl methyl sites for hydroxylation is 1. The number of hydrogen-bond donors (Lipinski definition) is 0. The molecule has 1 aromatic carbocycles. The Labute approximate surface area is 175 Å². The van der Waals surface area contributed by atoms with Gasteiger partial charge in [-0.1, -0.05) is 6.08 Å². The van der Waals surface area contributed by atoms with E-state index < -0.39 is 11.6 Å². The summed E-state index contributed by atoms with van der Waals surface area (Å²) in [5, 5.41) is 5.13. The minimum atomic E-state index is -0.605. The van der Waals surface area contributed by atoms with E-state index in [2.05, 4.69) is 21.6 Å². The molecule has 0 aliphatic heterocycles. The van der Waals surface area contributed by atoms with Crippen LogP contribution in [0.4, 0.5) is 0 Å². The standard InChI is InChI=1S/C23H26N4O3/c1-7-8-16-9-17(18-11-24-15(3)25-12-18)10-19-21(14(2)28)26-27(22(16)19)13-20(29)30-23(4,5)6/h7,9-12H,1,8,13H2,2-6H3. The molecule has 0 saturated carbocycles. The number of fused-ring (bicyclic) bond motifs is 1. The van der Waals surface area contributed by atoms with E-state index in [0.29, 0.717) is 23.3 Å². The zero-order chi connectivity index (χ0) is 22.1. The third-order valence-electron chi connectivity index (χ3n) is 4.43. The van der Waals surface area contributed by atoms with Crippen LogP contribution in [0.25, 0.3) is 22.0 Å². The molecule has 3 aromatic rings. The normalized spacial score (nSPS) is 11.5. The van der Waals surface area contributed by atoms with E-state index in [4.69, 9.17) is 4.74 Å². The molecule has 7 heteroatoms. The van der Waals surface area contributed by atoms with Crippen LogP contribution in [0, 0.1) is 6.92 Å². The molecule has 0 unspecified atom stereocenters. The second kappa shape index (κ2) is 8.18. The van der Waals surface area contributed by atoms with Crippen LogP contribution in [0.15, 0.2) is 37.2 Å². The Kier molecular flexibility index (Phi) is 5.82. The number of Topliss-reactive ketones (excluding diaryl/α,β-unsaturated/α-hetero) is 1. The monoisotopic (exact) mass is 406 g/mol. The molecule has 2 aromatic heterocycles. The molecule has 0 aliphatic rings. The number of allylic oxidation sites excluding steroid dienone is 1. The lowest BCUT2D eigenvalue weighted by atomic mass is 9.98. The Morgan fingerprint density at radius 3 is 2.40 bits per heavy atom. The first-order valence-electron chi connectivity index (χ1n) is 9.75. The second-order valence-electron chi connectivity index (χ2n) is 8.19. The van der Waals surface area contributed by atoms with Crippen molar-refractivity contribution in [2.75, 3.05) is 0 Å². The molecule has 156 valence electrons. The molecule has 3 rings (SSSR count). The largest absolute Gasteiger partial charge is 0.459 e. The number of esters is 1. The minimum Gasteiger partial charge on any atom is -0.459 e. The Balaban J connectivity index is 2.19. The van der Waals surface area contributed by atoms with Crippen LogP contribution < -0.4 is 0 Å².